The second-order valence-corrected chi connectivity index (χ2v) is 3.36. The van der Waals surface area contributed by atoms with E-state index in [1.165, 1.54) is 4.57 Å². The van der Waals surface area contributed by atoms with Crippen molar-refractivity contribution in [2.75, 3.05) is 0 Å². The lowest BCUT2D eigenvalue weighted by Crippen LogP contribution is -2.16. The molecule has 0 aliphatic heterocycles. The van der Waals surface area contributed by atoms with Crippen LogP contribution < -0.4 is 5.73 Å². The number of hydrogen-bond donors (Lipinski definition) is 1. The van der Waals surface area contributed by atoms with Crippen molar-refractivity contribution < 1.29 is 13.2 Å². The number of halogens is 3. The number of nitrogens with two attached hydrogens (primary N) is 1. The van der Waals surface area contributed by atoms with Crippen molar-refractivity contribution in [3.63, 3.8) is 0 Å². The highest BCUT2D eigenvalue weighted by molar-refractivity contribution is 5.13. The van der Waals surface area contributed by atoms with Gasteiger partial charge in [0.2, 0.25) is 0 Å². The van der Waals surface area contributed by atoms with Crippen LogP contribution in [-0.2, 0) is 12.7 Å². The van der Waals surface area contributed by atoms with Crippen LogP contribution in [-0.4, -0.2) is 9.55 Å². The van der Waals surface area contributed by atoms with E-state index in [4.69, 9.17) is 5.73 Å². The number of aromatic nitrogens is 2. The van der Waals surface area contributed by atoms with Crippen LogP contribution in [0.4, 0.5) is 13.2 Å². The zero-order chi connectivity index (χ0) is 10.3. The van der Waals surface area contributed by atoms with E-state index < -0.39 is 11.9 Å². The van der Waals surface area contributed by atoms with E-state index in [1.807, 2.05) is 0 Å². The summed E-state index contributed by atoms with van der Waals surface area (Å²) in [5, 5.41) is 0. The van der Waals surface area contributed by atoms with Gasteiger partial charge in [-0.05, 0) is 12.8 Å². The monoisotopic (exact) mass is 205 g/mol. The fourth-order valence-corrected chi connectivity index (χ4v) is 1.50. The Morgan fingerprint density at radius 1 is 1.50 bits per heavy atom. The Labute approximate surface area is 78.7 Å². The van der Waals surface area contributed by atoms with Crippen LogP contribution in [0, 0.1) is 0 Å². The normalized spacial score (nSPS) is 17.4. The maximum absolute atomic E-state index is 12.5. The van der Waals surface area contributed by atoms with Crippen molar-refractivity contribution in [2.45, 2.75) is 31.6 Å². The molecular weight excluding hydrogens is 195 g/mol. The molecule has 2 N–H and O–H groups in total. The summed E-state index contributed by atoms with van der Waals surface area (Å²) in [6.45, 7) is 0.0482. The minimum absolute atomic E-state index is 0.0482. The average molecular weight is 205 g/mol. The lowest BCUT2D eigenvalue weighted by molar-refractivity contribution is -0.143. The Kier molecular flexibility index (Phi) is 2.02. The summed E-state index contributed by atoms with van der Waals surface area (Å²) in [6.07, 6.45) is -1.90. The third kappa shape index (κ3) is 1.50. The molecule has 78 valence electrons. The fraction of sp³-hybridized carbons (Fsp3) is 0.625. The first-order valence-corrected chi connectivity index (χ1v) is 4.37. The van der Waals surface area contributed by atoms with Crippen LogP contribution in [0.25, 0.3) is 0 Å². The van der Waals surface area contributed by atoms with Gasteiger partial charge in [-0.2, -0.15) is 13.2 Å². The third-order valence-corrected chi connectivity index (χ3v) is 2.26. The fourth-order valence-electron chi connectivity index (χ4n) is 1.50. The summed E-state index contributed by atoms with van der Waals surface area (Å²) < 4.78 is 38.7. The quantitative estimate of drug-likeness (QED) is 0.798. The zero-order valence-corrected chi connectivity index (χ0v) is 7.38. The van der Waals surface area contributed by atoms with Crippen LogP contribution in [0.2, 0.25) is 0 Å². The van der Waals surface area contributed by atoms with Gasteiger partial charge in [0.05, 0.1) is 12.7 Å². The molecule has 1 fully saturated rings. The summed E-state index contributed by atoms with van der Waals surface area (Å²) in [6, 6.07) is -0.0484. The van der Waals surface area contributed by atoms with Crippen molar-refractivity contribution in [1.29, 1.82) is 0 Å². The van der Waals surface area contributed by atoms with Gasteiger partial charge in [-0.15, -0.1) is 0 Å². The van der Waals surface area contributed by atoms with Gasteiger partial charge in [0.25, 0.3) is 0 Å². The Balaban J connectivity index is 2.44. The molecule has 1 saturated carbocycles. The Morgan fingerprint density at radius 3 is 2.57 bits per heavy atom. The predicted molar refractivity (Wildman–Crippen MR) is 43.4 cm³/mol. The van der Waals surface area contributed by atoms with Crippen molar-refractivity contribution >= 4 is 0 Å². The topological polar surface area (TPSA) is 43.8 Å². The minimum Gasteiger partial charge on any atom is -0.324 e. The predicted octanol–water partition coefficient (Wildman–Crippen LogP) is 1.70. The van der Waals surface area contributed by atoms with Crippen molar-refractivity contribution in [1.82, 2.24) is 9.55 Å². The van der Waals surface area contributed by atoms with Crippen LogP contribution in [0.15, 0.2) is 6.20 Å². The molecule has 1 aromatic heterocycles. The molecule has 0 amide bonds. The standard InChI is InChI=1S/C8H10F3N3/c9-8(10,11)6-4-13-7(3-12)14(6)5-1-2-5/h4-5H,1-3,12H2. The zero-order valence-electron chi connectivity index (χ0n) is 7.38. The smallest absolute Gasteiger partial charge is 0.324 e. The number of imidazole rings is 1. The summed E-state index contributed by atoms with van der Waals surface area (Å²) in [7, 11) is 0. The Morgan fingerprint density at radius 2 is 2.14 bits per heavy atom. The maximum atomic E-state index is 12.5. The molecule has 0 saturated heterocycles. The second-order valence-electron chi connectivity index (χ2n) is 3.36. The highest BCUT2D eigenvalue weighted by Crippen LogP contribution is 2.41. The molecule has 0 unspecified atom stereocenters. The van der Waals surface area contributed by atoms with Crippen LogP contribution in [0.5, 0.6) is 0 Å². The van der Waals surface area contributed by atoms with Gasteiger partial charge in [-0.3, -0.25) is 0 Å². The molecule has 0 bridgehead atoms. The largest absolute Gasteiger partial charge is 0.433 e. The summed E-state index contributed by atoms with van der Waals surface area (Å²) in [4.78, 5) is 3.68. The van der Waals surface area contributed by atoms with Gasteiger partial charge >= 0.3 is 6.18 Å². The molecule has 0 atom stereocenters. The van der Waals surface area contributed by atoms with Crippen LogP contribution in [0.1, 0.15) is 30.4 Å². The highest BCUT2D eigenvalue weighted by Gasteiger charge is 2.40. The van der Waals surface area contributed by atoms with E-state index >= 15 is 0 Å². The average Bonchev–Trinajstić information content (AvgIpc) is 2.82. The Hall–Kier alpha value is -1.04. The summed E-state index contributed by atoms with van der Waals surface area (Å²) in [5.74, 6) is 0.319. The van der Waals surface area contributed by atoms with Gasteiger partial charge in [0.15, 0.2) is 0 Å². The molecule has 1 aliphatic carbocycles. The molecule has 1 aromatic rings. The number of alkyl halides is 3. The Bertz CT molecular complexity index is 338. The van der Waals surface area contributed by atoms with E-state index in [0.29, 0.717) is 5.82 Å². The molecule has 0 aromatic carbocycles. The molecular formula is C8H10F3N3. The highest BCUT2D eigenvalue weighted by atomic mass is 19.4. The molecule has 3 nitrogen and oxygen atoms in total. The first kappa shape index (κ1) is 9.51. The molecule has 6 heteroatoms. The first-order valence-electron chi connectivity index (χ1n) is 4.37. The van der Waals surface area contributed by atoms with E-state index in [0.717, 1.165) is 19.0 Å². The van der Waals surface area contributed by atoms with Crippen LogP contribution in [0.3, 0.4) is 0 Å². The molecule has 14 heavy (non-hydrogen) atoms. The number of nitrogens with zero attached hydrogens (tertiary/aromatic N) is 2. The molecule has 2 rings (SSSR count). The first-order chi connectivity index (χ1) is 6.54. The summed E-state index contributed by atoms with van der Waals surface area (Å²) in [5.41, 5.74) is 4.64. The van der Waals surface area contributed by atoms with Gasteiger partial charge < -0.3 is 10.3 Å². The van der Waals surface area contributed by atoms with Gasteiger partial charge in [-0.1, -0.05) is 0 Å². The maximum Gasteiger partial charge on any atom is 0.433 e. The SMILES string of the molecule is NCc1ncc(C(F)(F)F)n1C1CC1. The van der Waals surface area contributed by atoms with Crippen molar-refractivity contribution in [3.05, 3.63) is 17.7 Å². The van der Waals surface area contributed by atoms with E-state index in [9.17, 15) is 13.2 Å². The van der Waals surface area contributed by atoms with Gasteiger partial charge in [0, 0.05) is 6.04 Å². The number of rotatable bonds is 2. The van der Waals surface area contributed by atoms with Gasteiger partial charge in [-0.25, -0.2) is 4.98 Å². The summed E-state index contributed by atoms with van der Waals surface area (Å²) >= 11 is 0. The van der Waals surface area contributed by atoms with E-state index in [2.05, 4.69) is 4.98 Å². The second kappa shape index (κ2) is 2.98. The minimum atomic E-state index is -4.33. The third-order valence-electron chi connectivity index (χ3n) is 2.26. The lowest BCUT2D eigenvalue weighted by atomic mass is 10.4. The molecule has 0 radical (unpaired) electrons. The van der Waals surface area contributed by atoms with E-state index in [-0.39, 0.29) is 12.6 Å². The lowest BCUT2D eigenvalue weighted by Gasteiger charge is -2.11. The number of hydrogen-bond acceptors (Lipinski definition) is 2. The molecule has 0 spiro atoms. The van der Waals surface area contributed by atoms with Crippen LogP contribution >= 0.6 is 0 Å². The molecule has 1 heterocycles. The van der Waals surface area contributed by atoms with Crippen molar-refractivity contribution in [2.24, 2.45) is 5.73 Å². The van der Waals surface area contributed by atoms with E-state index in [1.54, 1.807) is 0 Å². The van der Waals surface area contributed by atoms with Crippen molar-refractivity contribution in [3.8, 4) is 0 Å². The molecule has 1 aliphatic rings. The van der Waals surface area contributed by atoms with Gasteiger partial charge in [0.1, 0.15) is 11.5 Å².